The third-order valence-corrected chi connectivity index (χ3v) is 5.16. The lowest BCUT2D eigenvalue weighted by atomic mass is 10.0. The van der Waals surface area contributed by atoms with Crippen LogP contribution in [0.15, 0.2) is 0 Å². The Balaban J connectivity index is 2.64. The first-order chi connectivity index (χ1) is 7.87. The highest BCUT2D eigenvalue weighted by Crippen LogP contribution is 2.14. The van der Waals surface area contributed by atoms with Crippen LogP contribution < -0.4 is 11.3 Å². The highest BCUT2D eigenvalue weighted by Gasteiger charge is 2.28. The summed E-state index contributed by atoms with van der Waals surface area (Å²) in [7, 11) is -2.90. The Bertz CT molecular complexity index is 369. The zero-order valence-electron chi connectivity index (χ0n) is 10.3. The third-order valence-electron chi connectivity index (χ3n) is 3.45. The van der Waals surface area contributed by atoms with Crippen molar-refractivity contribution >= 4 is 15.7 Å². The van der Waals surface area contributed by atoms with Crippen LogP contribution in [-0.4, -0.2) is 49.9 Å². The molecule has 0 bridgehead atoms. The summed E-state index contributed by atoms with van der Waals surface area (Å²) in [6, 6.07) is -0.00755. The Morgan fingerprint density at radius 3 is 2.53 bits per heavy atom. The maximum Gasteiger partial charge on any atom is 0.238 e. The summed E-state index contributed by atoms with van der Waals surface area (Å²) in [4.78, 5) is 13.5. The summed E-state index contributed by atoms with van der Waals surface area (Å²) in [5.74, 6) is 5.05. The molecule has 7 heteroatoms. The number of carbonyl (C=O) groups excluding carboxylic acids is 1. The van der Waals surface area contributed by atoms with Crippen LogP contribution in [0.5, 0.6) is 0 Å². The van der Waals surface area contributed by atoms with Gasteiger partial charge in [0.05, 0.1) is 17.4 Å². The van der Waals surface area contributed by atoms with Gasteiger partial charge >= 0.3 is 0 Å². The first kappa shape index (κ1) is 14.4. The monoisotopic (exact) mass is 263 g/mol. The van der Waals surface area contributed by atoms with Crippen LogP contribution in [-0.2, 0) is 14.6 Å². The van der Waals surface area contributed by atoms with Crippen molar-refractivity contribution in [3.8, 4) is 0 Å². The predicted octanol–water partition coefficient (Wildman–Crippen LogP) is -0.879. The van der Waals surface area contributed by atoms with E-state index in [-0.39, 0.29) is 29.4 Å². The van der Waals surface area contributed by atoms with Crippen molar-refractivity contribution in [1.82, 2.24) is 10.3 Å². The normalized spacial score (nSPS) is 24.6. The van der Waals surface area contributed by atoms with Gasteiger partial charge < -0.3 is 0 Å². The molecule has 0 aromatic carbocycles. The minimum Gasteiger partial charge on any atom is -0.299 e. The van der Waals surface area contributed by atoms with E-state index in [0.29, 0.717) is 19.5 Å². The van der Waals surface area contributed by atoms with Crippen molar-refractivity contribution in [2.24, 2.45) is 11.8 Å². The van der Waals surface area contributed by atoms with Crippen molar-refractivity contribution in [2.45, 2.75) is 26.3 Å². The molecule has 2 unspecified atom stereocenters. The second kappa shape index (κ2) is 5.79. The molecule has 17 heavy (non-hydrogen) atoms. The fourth-order valence-electron chi connectivity index (χ4n) is 2.03. The summed E-state index contributed by atoms with van der Waals surface area (Å²) in [5, 5.41) is 0. The molecular formula is C10H21N3O3S. The topological polar surface area (TPSA) is 92.5 Å². The van der Waals surface area contributed by atoms with Crippen LogP contribution in [0.1, 0.15) is 20.3 Å². The van der Waals surface area contributed by atoms with Gasteiger partial charge in [0, 0.05) is 12.6 Å². The standard InChI is InChI=1S/C10H21N3O3S/c1-8(10(14)12-11)9(2)13-4-3-6-17(15,16)7-5-13/h8-9H,3-7,11H2,1-2H3,(H,12,14). The molecule has 100 valence electrons. The molecule has 0 aromatic rings. The first-order valence-corrected chi connectivity index (χ1v) is 7.64. The SMILES string of the molecule is CC(C(=O)NN)C(C)N1CCCS(=O)(=O)CC1. The number of nitrogens with zero attached hydrogens (tertiary/aromatic N) is 1. The Morgan fingerprint density at radius 1 is 1.29 bits per heavy atom. The van der Waals surface area contributed by atoms with E-state index in [1.54, 1.807) is 6.92 Å². The Morgan fingerprint density at radius 2 is 1.94 bits per heavy atom. The number of carbonyl (C=O) groups is 1. The average molecular weight is 263 g/mol. The molecule has 1 rings (SSSR count). The van der Waals surface area contributed by atoms with Crippen molar-refractivity contribution in [3.63, 3.8) is 0 Å². The highest BCUT2D eigenvalue weighted by atomic mass is 32.2. The van der Waals surface area contributed by atoms with Gasteiger partial charge in [0.15, 0.2) is 9.84 Å². The molecule has 0 spiro atoms. The van der Waals surface area contributed by atoms with Gasteiger partial charge in [0.1, 0.15) is 0 Å². The van der Waals surface area contributed by atoms with Gasteiger partial charge in [0.25, 0.3) is 0 Å². The highest BCUT2D eigenvalue weighted by molar-refractivity contribution is 7.91. The van der Waals surface area contributed by atoms with E-state index in [1.807, 2.05) is 11.8 Å². The van der Waals surface area contributed by atoms with Crippen LogP contribution in [0.3, 0.4) is 0 Å². The van der Waals surface area contributed by atoms with Crippen molar-refractivity contribution < 1.29 is 13.2 Å². The lowest BCUT2D eigenvalue weighted by Gasteiger charge is -2.30. The number of sulfone groups is 1. The van der Waals surface area contributed by atoms with Gasteiger partial charge in [-0.3, -0.25) is 15.1 Å². The van der Waals surface area contributed by atoms with Crippen LogP contribution in [0.4, 0.5) is 0 Å². The summed E-state index contributed by atoms with van der Waals surface area (Å²) < 4.78 is 22.9. The van der Waals surface area contributed by atoms with E-state index >= 15 is 0 Å². The number of nitrogens with one attached hydrogen (secondary N) is 1. The molecule has 0 saturated carbocycles. The Hall–Kier alpha value is -0.660. The predicted molar refractivity (Wildman–Crippen MR) is 65.8 cm³/mol. The first-order valence-electron chi connectivity index (χ1n) is 5.82. The zero-order valence-corrected chi connectivity index (χ0v) is 11.2. The second-order valence-corrected chi connectivity index (χ2v) is 6.88. The molecule has 1 aliphatic rings. The summed E-state index contributed by atoms with van der Waals surface area (Å²) >= 11 is 0. The quantitative estimate of drug-likeness (QED) is 0.392. The molecule has 1 heterocycles. The number of hydrogen-bond donors (Lipinski definition) is 2. The molecule has 3 N–H and O–H groups in total. The van der Waals surface area contributed by atoms with Gasteiger partial charge in [-0.15, -0.1) is 0 Å². The van der Waals surface area contributed by atoms with E-state index < -0.39 is 9.84 Å². The van der Waals surface area contributed by atoms with Crippen molar-refractivity contribution in [1.29, 1.82) is 0 Å². The molecule has 1 aliphatic heterocycles. The molecule has 0 radical (unpaired) electrons. The van der Waals surface area contributed by atoms with Gasteiger partial charge in [0.2, 0.25) is 5.91 Å². The molecule has 1 amide bonds. The molecule has 6 nitrogen and oxygen atoms in total. The minimum absolute atomic E-state index is 0.00755. The third kappa shape index (κ3) is 3.93. The summed E-state index contributed by atoms with van der Waals surface area (Å²) in [6.07, 6.45) is 0.629. The van der Waals surface area contributed by atoms with Gasteiger partial charge in [-0.2, -0.15) is 0 Å². The maximum absolute atomic E-state index is 11.5. The van der Waals surface area contributed by atoms with E-state index in [4.69, 9.17) is 5.84 Å². The summed E-state index contributed by atoms with van der Waals surface area (Å²) in [5.41, 5.74) is 2.13. The van der Waals surface area contributed by atoms with Crippen LogP contribution >= 0.6 is 0 Å². The maximum atomic E-state index is 11.5. The number of hydrazine groups is 1. The molecule has 0 aromatic heterocycles. The average Bonchev–Trinajstić information content (AvgIpc) is 2.47. The lowest BCUT2D eigenvalue weighted by Crippen LogP contribution is -2.46. The lowest BCUT2D eigenvalue weighted by molar-refractivity contribution is -0.126. The van der Waals surface area contributed by atoms with Crippen LogP contribution in [0.25, 0.3) is 0 Å². The van der Waals surface area contributed by atoms with Gasteiger partial charge in [-0.1, -0.05) is 6.92 Å². The van der Waals surface area contributed by atoms with E-state index in [2.05, 4.69) is 5.43 Å². The largest absolute Gasteiger partial charge is 0.299 e. The molecule has 1 saturated heterocycles. The molecular weight excluding hydrogens is 242 g/mol. The number of amides is 1. The minimum atomic E-state index is -2.90. The van der Waals surface area contributed by atoms with Gasteiger partial charge in [-0.05, 0) is 19.9 Å². The number of hydrogen-bond acceptors (Lipinski definition) is 5. The second-order valence-electron chi connectivity index (χ2n) is 4.58. The van der Waals surface area contributed by atoms with E-state index in [9.17, 15) is 13.2 Å². The summed E-state index contributed by atoms with van der Waals surface area (Å²) in [6.45, 7) is 4.93. The Labute approximate surface area is 102 Å². The van der Waals surface area contributed by atoms with Crippen molar-refractivity contribution in [2.75, 3.05) is 24.6 Å². The molecule has 0 aliphatic carbocycles. The number of nitrogens with two attached hydrogens (primary N) is 1. The van der Waals surface area contributed by atoms with Crippen LogP contribution in [0.2, 0.25) is 0 Å². The van der Waals surface area contributed by atoms with E-state index in [0.717, 1.165) is 0 Å². The fraction of sp³-hybridized carbons (Fsp3) is 0.900. The smallest absolute Gasteiger partial charge is 0.238 e. The fourth-order valence-corrected chi connectivity index (χ4v) is 3.32. The molecule has 2 atom stereocenters. The number of rotatable bonds is 3. The van der Waals surface area contributed by atoms with Gasteiger partial charge in [-0.25, -0.2) is 14.3 Å². The molecule has 1 fully saturated rings. The zero-order chi connectivity index (χ0) is 13.1. The van der Waals surface area contributed by atoms with E-state index in [1.165, 1.54) is 0 Å². The van der Waals surface area contributed by atoms with Crippen molar-refractivity contribution in [3.05, 3.63) is 0 Å². The Kier molecular flexibility index (Phi) is 4.91. The van der Waals surface area contributed by atoms with Crippen LogP contribution in [0, 0.1) is 5.92 Å².